The molecular weight excluding hydrogens is 184 g/mol. The van der Waals surface area contributed by atoms with E-state index in [1.807, 2.05) is 13.8 Å². The Kier molecular flexibility index (Phi) is 2.03. The van der Waals surface area contributed by atoms with Crippen molar-refractivity contribution in [3.8, 4) is 5.88 Å². The van der Waals surface area contributed by atoms with Gasteiger partial charge in [-0.2, -0.15) is 9.67 Å². The average molecular weight is 196 g/mol. The van der Waals surface area contributed by atoms with Gasteiger partial charge in [0.25, 0.3) is 0 Å². The van der Waals surface area contributed by atoms with Crippen molar-refractivity contribution in [3.05, 3.63) is 11.2 Å². The van der Waals surface area contributed by atoms with Crippen LogP contribution in [0.5, 0.6) is 5.88 Å². The highest BCUT2D eigenvalue weighted by Gasteiger charge is 2.12. The molecule has 0 aliphatic heterocycles. The molecule has 0 atom stereocenters. The van der Waals surface area contributed by atoms with E-state index in [1.165, 1.54) is 0 Å². The zero-order valence-electron chi connectivity index (χ0n) is 8.37. The molecule has 0 saturated heterocycles. The van der Waals surface area contributed by atoms with Crippen LogP contribution in [0.4, 0.5) is 0 Å². The lowest BCUT2D eigenvalue weighted by Gasteiger charge is -1.96. The van der Waals surface area contributed by atoms with Crippen molar-refractivity contribution in [1.82, 2.24) is 14.8 Å². The van der Waals surface area contributed by atoms with Crippen LogP contribution < -0.4 is 10.4 Å². The Balaban J connectivity index is 2.68. The summed E-state index contributed by atoms with van der Waals surface area (Å²) in [6.07, 6.45) is 0. The van der Waals surface area contributed by atoms with Crippen molar-refractivity contribution in [2.45, 2.75) is 13.8 Å². The summed E-state index contributed by atoms with van der Waals surface area (Å²) in [5.74, 6) is 0.611. The normalized spacial score (nSPS) is 12.6. The van der Waals surface area contributed by atoms with Crippen molar-refractivity contribution in [3.63, 3.8) is 0 Å². The van der Waals surface area contributed by atoms with Gasteiger partial charge in [0, 0.05) is 7.05 Å². The smallest absolute Gasteiger partial charge is 0.341 e. The third kappa shape index (κ3) is 1.11. The fourth-order valence-electron chi connectivity index (χ4n) is 1.29. The minimum Gasteiger partial charge on any atom is -0.477 e. The Morgan fingerprint density at radius 1 is 1.64 bits per heavy atom. The lowest BCUT2D eigenvalue weighted by Crippen LogP contribution is -2.08. The Morgan fingerprint density at radius 2 is 2.43 bits per heavy atom. The number of hydrogen-bond donors (Lipinski definition) is 1. The van der Waals surface area contributed by atoms with Crippen LogP contribution in [0.15, 0.2) is 9.52 Å². The monoisotopic (exact) mass is 196 g/mol. The summed E-state index contributed by atoms with van der Waals surface area (Å²) >= 11 is 0. The van der Waals surface area contributed by atoms with Gasteiger partial charge >= 0.3 is 5.68 Å². The highest BCUT2D eigenvalue weighted by Crippen LogP contribution is 2.17. The molecule has 0 aromatic carbocycles. The van der Waals surface area contributed by atoms with Crippen molar-refractivity contribution in [2.24, 2.45) is 4.99 Å². The van der Waals surface area contributed by atoms with E-state index in [4.69, 9.17) is 9.26 Å². The SMILES string of the molecule is CCOc1nn2c(=NC)o[nH]c2c1C. The molecule has 0 fully saturated rings. The number of fused-ring (bicyclic) bond motifs is 1. The largest absolute Gasteiger partial charge is 0.477 e. The number of aromatic amines is 1. The second kappa shape index (κ2) is 3.21. The molecule has 0 amide bonds. The van der Waals surface area contributed by atoms with Crippen molar-refractivity contribution in [2.75, 3.05) is 13.7 Å². The maximum atomic E-state index is 5.34. The molecule has 0 radical (unpaired) electrons. The van der Waals surface area contributed by atoms with Gasteiger partial charge < -0.3 is 9.26 Å². The molecule has 2 rings (SSSR count). The zero-order valence-corrected chi connectivity index (χ0v) is 8.37. The number of nitrogens with zero attached hydrogens (tertiary/aromatic N) is 3. The van der Waals surface area contributed by atoms with E-state index in [-0.39, 0.29) is 0 Å². The number of aryl methyl sites for hydroxylation is 1. The third-order valence-electron chi connectivity index (χ3n) is 1.97. The Hall–Kier alpha value is -1.72. The minimum absolute atomic E-state index is 0.425. The average Bonchev–Trinajstić information content (AvgIpc) is 2.70. The third-order valence-corrected chi connectivity index (χ3v) is 1.97. The van der Waals surface area contributed by atoms with Gasteiger partial charge in [-0.15, -0.1) is 5.10 Å². The standard InChI is InChI=1S/C8H12N4O2/c1-4-13-7-5(2)6-11-14-8(9-3)12(6)10-7/h11H,4H2,1-3H3. The van der Waals surface area contributed by atoms with Gasteiger partial charge in [-0.05, 0) is 13.8 Å². The topological polar surface area (TPSA) is 67.8 Å². The van der Waals surface area contributed by atoms with E-state index >= 15 is 0 Å². The lowest BCUT2D eigenvalue weighted by atomic mass is 10.4. The summed E-state index contributed by atoms with van der Waals surface area (Å²) in [4.78, 5) is 3.92. The van der Waals surface area contributed by atoms with E-state index in [0.29, 0.717) is 18.2 Å². The first kappa shape index (κ1) is 8.86. The Bertz CT molecular complexity index is 505. The summed E-state index contributed by atoms with van der Waals surface area (Å²) in [6.45, 7) is 4.43. The fourth-order valence-corrected chi connectivity index (χ4v) is 1.29. The first-order chi connectivity index (χ1) is 6.77. The summed E-state index contributed by atoms with van der Waals surface area (Å²) in [7, 11) is 1.64. The molecule has 6 nitrogen and oxygen atoms in total. The van der Waals surface area contributed by atoms with Crippen LogP contribution in [-0.4, -0.2) is 28.4 Å². The van der Waals surface area contributed by atoms with Gasteiger partial charge in [0.2, 0.25) is 5.88 Å². The van der Waals surface area contributed by atoms with Crippen LogP contribution in [0.1, 0.15) is 12.5 Å². The summed E-state index contributed by atoms with van der Waals surface area (Å²) in [6, 6.07) is 0. The van der Waals surface area contributed by atoms with Crippen LogP contribution in [0, 0.1) is 6.92 Å². The van der Waals surface area contributed by atoms with Crippen molar-refractivity contribution < 1.29 is 9.26 Å². The first-order valence-electron chi connectivity index (χ1n) is 4.40. The quantitative estimate of drug-likeness (QED) is 0.760. The summed E-state index contributed by atoms with van der Waals surface area (Å²) < 4.78 is 12.0. The Labute approximate surface area is 80.2 Å². The molecule has 14 heavy (non-hydrogen) atoms. The second-order valence-corrected chi connectivity index (χ2v) is 2.83. The molecule has 6 heteroatoms. The molecule has 0 aliphatic carbocycles. The van der Waals surface area contributed by atoms with Crippen LogP contribution in [-0.2, 0) is 0 Å². The fraction of sp³-hybridized carbons (Fsp3) is 0.500. The van der Waals surface area contributed by atoms with E-state index in [2.05, 4.69) is 15.2 Å². The zero-order chi connectivity index (χ0) is 10.1. The molecule has 2 aromatic rings. The number of H-pyrrole nitrogens is 1. The number of aromatic nitrogens is 3. The molecule has 0 spiro atoms. The van der Waals surface area contributed by atoms with Gasteiger partial charge in [-0.3, -0.25) is 0 Å². The van der Waals surface area contributed by atoms with Gasteiger partial charge in [0.15, 0.2) is 5.65 Å². The first-order valence-corrected chi connectivity index (χ1v) is 4.40. The molecule has 0 saturated carbocycles. The van der Waals surface area contributed by atoms with E-state index in [1.54, 1.807) is 11.6 Å². The van der Waals surface area contributed by atoms with Crippen LogP contribution >= 0.6 is 0 Å². The summed E-state index contributed by atoms with van der Waals surface area (Å²) in [5.41, 5.74) is 2.12. The van der Waals surface area contributed by atoms with Crippen LogP contribution in [0.3, 0.4) is 0 Å². The number of nitrogens with one attached hydrogen (secondary N) is 1. The molecule has 0 unspecified atom stereocenters. The lowest BCUT2D eigenvalue weighted by molar-refractivity contribution is 0.317. The molecule has 2 heterocycles. The molecule has 2 aromatic heterocycles. The Morgan fingerprint density at radius 3 is 3.07 bits per heavy atom. The predicted molar refractivity (Wildman–Crippen MR) is 49.2 cm³/mol. The van der Waals surface area contributed by atoms with Crippen LogP contribution in [0.25, 0.3) is 5.65 Å². The van der Waals surface area contributed by atoms with Gasteiger partial charge in [0.05, 0.1) is 12.2 Å². The maximum Gasteiger partial charge on any atom is 0.341 e. The minimum atomic E-state index is 0.425. The van der Waals surface area contributed by atoms with Gasteiger partial charge in [-0.25, -0.2) is 4.99 Å². The predicted octanol–water partition coefficient (Wildman–Crippen LogP) is 0.493. The molecule has 0 aliphatic rings. The summed E-state index contributed by atoms with van der Waals surface area (Å²) in [5, 5.41) is 6.95. The number of hydrogen-bond acceptors (Lipinski definition) is 4. The molecule has 76 valence electrons. The van der Waals surface area contributed by atoms with Crippen molar-refractivity contribution >= 4 is 5.65 Å². The van der Waals surface area contributed by atoms with E-state index < -0.39 is 0 Å². The second-order valence-electron chi connectivity index (χ2n) is 2.83. The molecule has 1 N–H and O–H groups in total. The number of ether oxygens (including phenoxy) is 1. The molecular formula is C8H12N4O2. The van der Waals surface area contributed by atoms with Gasteiger partial charge in [-0.1, -0.05) is 0 Å². The van der Waals surface area contributed by atoms with Crippen LogP contribution in [0.2, 0.25) is 0 Å². The van der Waals surface area contributed by atoms with Gasteiger partial charge in [0.1, 0.15) is 0 Å². The highest BCUT2D eigenvalue weighted by atomic mass is 16.5. The van der Waals surface area contributed by atoms with E-state index in [0.717, 1.165) is 11.2 Å². The molecule has 0 bridgehead atoms. The highest BCUT2D eigenvalue weighted by molar-refractivity contribution is 5.50. The number of rotatable bonds is 2. The van der Waals surface area contributed by atoms with E-state index in [9.17, 15) is 0 Å². The maximum absolute atomic E-state index is 5.34. The van der Waals surface area contributed by atoms with Crippen molar-refractivity contribution in [1.29, 1.82) is 0 Å².